The van der Waals surface area contributed by atoms with E-state index in [1.807, 2.05) is 30.3 Å². The quantitative estimate of drug-likeness (QED) is 0.478. The molecule has 1 heterocycles. The summed E-state index contributed by atoms with van der Waals surface area (Å²) in [5.41, 5.74) is 1.25. The Labute approximate surface area is 154 Å². The summed E-state index contributed by atoms with van der Waals surface area (Å²) in [6.45, 7) is 1.46. The summed E-state index contributed by atoms with van der Waals surface area (Å²) in [5.74, 6) is -1.17. The minimum Gasteiger partial charge on any atom is -0.289 e. The number of ketones is 1. The van der Waals surface area contributed by atoms with Gasteiger partial charge in [0.05, 0.1) is 16.9 Å². The molecule has 6 heteroatoms. The molecule has 0 atom stereocenters. The molecule has 2 aromatic carbocycles. The van der Waals surface area contributed by atoms with Gasteiger partial charge in [0.1, 0.15) is 5.82 Å². The minimum absolute atomic E-state index is 0.00820. The number of amides is 1. The molecular formula is C20H15FN2O2S. The van der Waals surface area contributed by atoms with Crippen LogP contribution in [0.4, 0.5) is 15.2 Å². The second kappa shape index (κ2) is 7.84. The fourth-order valence-electron chi connectivity index (χ4n) is 2.37. The summed E-state index contributed by atoms with van der Waals surface area (Å²) in [6, 6.07) is 15.0. The van der Waals surface area contributed by atoms with Gasteiger partial charge in [-0.2, -0.15) is 0 Å². The molecule has 130 valence electrons. The van der Waals surface area contributed by atoms with Gasteiger partial charge in [-0.25, -0.2) is 9.37 Å². The topological polar surface area (TPSA) is 50.3 Å². The number of nitrogens with zero attached hydrogens (tertiary/aromatic N) is 2. The Morgan fingerprint density at radius 3 is 2.46 bits per heavy atom. The van der Waals surface area contributed by atoms with Crippen molar-refractivity contribution in [2.45, 2.75) is 6.92 Å². The number of aromatic nitrogens is 1. The largest absolute Gasteiger partial charge is 0.289 e. The number of para-hydroxylation sites is 1. The number of carbonyl (C=O) groups excluding carboxylic acids is 2. The molecule has 1 aromatic heterocycles. The van der Waals surface area contributed by atoms with E-state index in [0.29, 0.717) is 16.5 Å². The average Bonchev–Trinajstić information content (AvgIpc) is 3.09. The van der Waals surface area contributed by atoms with E-state index in [1.54, 1.807) is 11.4 Å². The SMILES string of the molecule is CC(=O)N(c1ccccc1)c1nc(/C=C/C(=O)c2ccccc2F)cs1. The Hall–Kier alpha value is -3.12. The Balaban J connectivity index is 1.82. The zero-order valence-corrected chi connectivity index (χ0v) is 14.7. The first-order chi connectivity index (χ1) is 12.6. The second-order valence-electron chi connectivity index (χ2n) is 5.42. The predicted molar refractivity (Wildman–Crippen MR) is 101 cm³/mol. The third-order valence-electron chi connectivity index (χ3n) is 3.58. The van der Waals surface area contributed by atoms with Gasteiger partial charge in [0.25, 0.3) is 0 Å². The number of hydrogen-bond acceptors (Lipinski definition) is 4. The third-order valence-corrected chi connectivity index (χ3v) is 4.42. The Morgan fingerprint density at radius 2 is 1.77 bits per heavy atom. The summed E-state index contributed by atoms with van der Waals surface area (Å²) >= 11 is 1.29. The highest BCUT2D eigenvalue weighted by molar-refractivity contribution is 7.14. The van der Waals surface area contributed by atoms with Crippen LogP contribution in [0.3, 0.4) is 0 Å². The number of carbonyl (C=O) groups is 2. The van der Waals surface area contributed by atoms with Crippen LogP contribution in [0.5, 0.6) is 0 Å². The van der Waals surface area contributed by atoms with E-state index in [2.05, 4.69) is 4.98 Å². The molecular weight excluding hydrogens is 351 g/mol. The number of halogens is 1. The number of benzene rings is 2. The maximum atomic E-state index is 13.6. The number of hydrogen-bond donors (Lipinski definition) is 0. The highest BCUT2D eigenvalue weighted by Crippen LogP contribution is 2.29. The molecule has 0 radical (unpaired) electrons. The normalized spacial score (nSPS) is 10.8. The molecule has 3 aromatic rings. The van der Waals surface area contributed by atoms with Crippen LogP contribution in [0.2, 0.25) is 0 Å². The maximum absolute atomic E-state index is 13.6. The molecule has 0 saturated heterocycles. The summed E-state index contributed by atoms with van der Waals surface area (Å²) in [7, 11) is 0. The highest BCUT2D eigenvalue weighted by Gasteiger charge is 2.17. The van der Waals surface area contributed by atoms with E-state index >= 15 is 0 Å². The average molecular weight is 366 g/mol. The molecule has 0 bridgehead atoms. The predicted octanol–water partition coefficient (Wildman–Crippen LogP) is 4.86. The monoisotopic (exact) mass is 366 g/mol. The first-order valence-electron chi connectivity index (χ1n) is 7.84. The van der Waals surface area contributed by atoms with Gasteiger partial charge >= 0.3 is 0 Å². The molecule has 1 amide bonds. The van der Waals surface area contributed by atoms with Crippen molar-refractivity contribution in [3.63, 3.8) is 0 Å². The molecule has 0 fully saturated rings. The van der Waals surface area contributed by atoms with Gasteiger partial charge in [0.2, 0.25) is 5.91 Å². The molecule has 3 rings (SSSR count). The first kappa shape index (κ1) is 17.7. The van der Waals surface area contributed by atoms with Crippen molar-refractivity contribution in [3.05, 3.63) is 83.1 Å². The first-order valence-corrected chi connectivity index (χ1v) is 8.72. The van der Waals surface area contributed by atoms with Crippen molar-refractivity contribution >= 4 is 39.9 Å². The standard InChI is InChI=1S/C20H15FN2O2S/c1-14(24)23(16-7-3-2-4-8-16)20-22-15(13-26-20)11-12-19(25)17-9-5-6-10-18(17)21/h2-13H,1H3/b12-11+. The van der Waals surface area contributed by atoms with Crippen molar-refractivity contribution in [1.29, 1.82) is 0 Å². The zero-order valence-electron chi connectivity index (χ0n) is 13.9. The van der Waals surface area contributed by atoms with Gasteiger partial charge in [-0.1, -0.05) is 30.3 Å². The Bertz CT molecular complexity index is 967. The smallest absolute Gasteiger partial charge is 0.230 e. The van der Waals surface area contributed by atoms with Gasteiger partial charge in [0, 0.05) is 12.3 Å². The molecule has 0 N–H and O–H groups in total. The summed E-state index contributed by atoms with van der Waals surface area (Å²) in [5, 5.41) is 2.24. The zero-order chi connectivity index (χ0) is 18.5. The number of anilines is 2. The highest BCUT2D eigenvalue weighted by atomic mass is 32.1. The van der Waals surface area contributed by atoms with Crippen LogP contribution >= 0.6 is 11.3 Å². The molecule has 0 aliphatic rings. The summed E-state index contributed by atoms with van der Waals surface area (Å²) in [6.07, 6.45) is 2.79. The van der Waals surface area contributed by atoms with Gasteiger partial charge in [0.15, 0.2) is 10.9 Å². The lowest BCUT2D eigenvalue weighted by Gasteiger charge is -2.17. The molecule has 0 unspecified atom stereocenters. The van der Waals surface area contributed by atoms with Gasteiger partial charge in [-0.15, -0.1) is 11.3 Å². The van der Waals surface area contributed by atoms with E-state index < -0.39 is 11.6 Å². The molecule has 4 nitrogen and oxygen atoms in total. The van der Waals surface area contributed by atoms with Crippen LogP contribution in [0.15, 0.2) is 66.1 Å². The van der Waals surface area contributed by atoms with Crippen molar-refractivity contribution in [1.82, 2.24) is 4.98 Å². The van der Waals surface area contributed by atoms with Crippen molar-refractivity contribution in [3.8, 4) is 0 Å². The van der Waals surface area contributed by atoms with Crippen molar-refractivity contribution < 1.29 is 14.0 Å². The molecule has 0 aliphatic carbocycles. The molecule has 0 spiro atoms. The van der Waals surface area contributed by atoms with Gasteiger partial charge in [-0.05, 0) is 36.4 Å². The molecule has 26 heavy (non-hydrogen) atoms. The maximum Gasteiger partial charge on any atom is 0.230 e. The van der Waals surface area contributed by atoms with Crippen molar-refractivity contribution in [2.75, 3.05) is 4.90 Å². The van der Waals surface area contributed by atoms with Crippen LogP contribution < -0.4 is 4.90 Å². The lowest BCUT2D eigenvalue weighted by Crippen LogP contribution is -2.22. The van der Waals surface area contributed by atoms with E-state index in [0.717, 1.165) is 0 Å². The molecule has 0 aliphatic heterocycles. The third kappa shape index (κ3) is 3.92. The Kier molecular flexibility index (Phi) is 5.34. The molecule has 0 saturated carbocycles. The Morgan fingerprint density at radius 1 is 1.08 bits per heavy atom. The van der Waals surface area contributed by atoms with E-state index in [1.165, 1.54) is 53.5 Å². The summed E-state index contributed by atoms with van der Waals surface area (Å²) < 4.78 is 13.6. The number of rotatable bonds is 5. The fraction of sp³-hybridized carbons (Fsp3) is 0.0500. The van der Waals surface area contributed by atoms with Crippen LogP contribution in [0.1, 0.15) is 23.0 Å². The van der Waals surface area contributed by atoms with E-state index in [4.69, 9.17) is 0 Å². The number of allylic oxidation sites excluding steroid dienone is 1. The van der Waals surface area contributed by atoms with E-state index in [-0.39, 0.29) is 11.5 Å². The van der Waals surface area contributed by atoms with Crippen LogP contribution in [0, 0.1) is 5.82 Å². The fourth-order valence-corrected chi connectivity index (χ4v) is 3.23. The summed E-state index contributed by atoms with van der Waals surface area (Å²) in [4.78, 5) is 30.0. The number of thiazole rings is 1. The van der Waals surface area contributed by atoms with Crippen LogP contribution in [-0.4, -0.2) is 16.7 Å². The van der Waals surface area contributed by atoms with Crippen LogP contribution in [-0.2, 0) is 4.79 Å². The van der Waals surface area contributed by atoms with Crippen molar-refractivity contribution in [2.24, 2.45) is 0 Å². The lowest BCUT2D eigenvalue weighted by atomic mass is 10.1. The lowest BCUT2D eigenvalue weighted by molar-refractivity contribution is -0.115. The minimum atomic E-state index is -0.562. The van der Waals surface area contributed by atoms with E-state index in [9.17, 15) is 14.0 Å². The van der Waals surface area contributed by atoms with Crippen LogP contribution in [0.25, 0.3) is 6.08 Å². The second-order valence-corrected chi connectivity index (χ2v) is 6.26. The van der Waals surface area contributed by atoms with Gasteiger partial charge < -0.3 is 0 Å². The van der Waals surface area contributed by atoms with Gasteiger partial charge in [-0.3, -0.25) is 14.5 Å².